The molecule has 7 nitrogen and oxygen atoms in total. The fourth-order valence-electron chi connectivity index (χ4n) is 3.10. The third-order valence-corrected chi connectivity index (χ3v) is 4.34. The largest absolute Gasteiger partial charge is 0.467 e. The van der Waals surface area contributed by atoms with Crippen molar-refractivity contribution < 1.29 is 23.9 Å². The monoisotopic (exact) mass is 398 g/mol. The predicted octanol–water partition coefficient (Wildman–Crippen LogP) is 1.78. The number of ether oxygens (including phenoxy) is 2. The summed E-state index contributed by atoms with van der Waals surface area (Å²) in [6.45, 7) is 4.07. The molecule has 0 radical (unpaired) electrons. The standard InChI is InChI=1S/C19H26N2O5.ClH/c1-12(2)9-15(20)17(22)21-11-14(10-16(21)19(24)25-3)26-18(23)13-7-5-4-6-8-13;/h4-8,12,14-16H,9-11,20H2,1-3H3;1H/t14-,15+,16+;/m1./s1. The van der Waals surface area contributed by atoms with Gasteiger partial charge in [0, 0.05) is 6.42 Å². The van der Waals surface area contributed by atoms with E-state index in [4.69, 9.17) is 15.2 Å². The lowest BCUT2D eigenvalue weighted by molar-refractivity contribution is -0.151. The van der Waals surface area contributed by atoms with Crippen LogP contribution in [0.3, 0.4) is 0 Å². The van der Waals surface area contributed by atoms with Crippen LogP contribution < -0.4 is 5.73 Å². The summed E-state index contributed by atoms with van der Waals surface area (Å²) < 4.78 is 10.3. The van der Waals surface area contributed by atoms with E-state index in [1.54, 1.807) is 30.3 Å². The Kier molecular flexibility index (Phi) is 8.72. The maximum atomic E-state index is 12.7. The number of halogens is 1. The van der Waals surface area contributed by atoms with Gasteiger partial charge in [0.2, 0.25) is 5.91 Å². The Morgan fingerprint density at radius 1 is 1.22 bits per heavy atom. The van der Waals surface area contributed by atoms with Crippen LogP contribution in [-0.4, -0.2) is 54.6 Å². The summed E-state index contributed by atoms with van der Waals surface area (Å²) in [6, 6.07) is 7.08. The predicted molar refractivity (Wildman–Crippen MR) is 102 cm³/mol. The van der Waals surface area contributed by atoms with E-state index >= 15 is 0 Å². The van der Waals surface area contributed by atoms with Gasteiger partial charge in [-0.05, 0) is 24.5 Å². The fourth-order valence-corrected chi connectivity index (χ4v) is 3.10. The Bertz CT molecular complexity index is 653. The molecule has 0 unspecified atom stereocenters. The van der Waals surface area contributed by atoms with Gasteiger partial charge in [-0.15, -0.1) is 12.4 Å². The van der Waals surface area contributed by atoms with E-state index in [0.29, 0.717) is 12.0 Å². The molecule has 1 heterocycles. The molecule has 0 saturated carbocycles. The number of benzene rings is 1. The quantitative estimate of drug-likeness (QED) is 0.733. The van der Waals surface area contributed by atoms with Crippen LogP contribution in [0, 0.1) is 5.92 Å². The zero-order chi connectivity index (χ0) is 19.3. The summed E-state index contributed by atoms with van der Waals surface area (Å²) >= 11 is 0. The lowest BCUT2D eigenvalue weighted by Gasteiger charge is -2.26. The Hall–Kier alpha value is -2.12. The number of likely N-dealkylation sites (tertiary alicyclic amines) is 1. The van der Waals surface area contributed by atoms with E-state index in [1.165, 1.54) is 12.0 Å². The van der Waals surface area contributed by atoms with Crippen LogP contribution in [0.15, 0.2) is 30.3 Å². The molecule has 0 spiro atoms. The Morgan fingerprint density at radius 3 is 2.41 bits per heavy atom. The maximum Gasteiger partial charge on any atom is 0.338 e. The SMILES string of the molecule is COC(=O)[C@@H]1C[C@@H](OC(=O)c2ccccc2)CN1C(=O)[C@@H](N)CC(C)C.Cl. The molecule has 1 amide bonds. The first kappa shape index (κ1) is 22.9. The molecule has 1 aliphatic rings. The van der Waals surface area contributed by atoms with Crippen molar-refractivity contribution in [3.63, 3.8) is 0 Å². The number of hydrogen-bond acceptors (Lipinski definition) is 6. The van der Waals surface area contributed by atoms with E-state index < -0.39 is 30.1 Å². The second-order valence-electron chi connectivity index (χ2n) is 6.89. The van der Waals surface area contributed by atoms with Crippen molar-refractivity contribution >= 4 is 30.3 Å². The number of methoxy groups -OCH3 is 1. The Labute approximate surface area is 165 Å². The maximum absolute atomic E-state index is 12.7. The minimum absolute atomic E-state index is 0. The van der Waals surface area contributed by atoms with Gasteiger partial charge in [0.1, 0.15) is 12.1 Å². The highest BCUT2D eigenvalue weighted by molar-refractivity contribution is 5.90. The third kappa shape index (κ3) is 5.94. The van der Waals surface area contributed by atoms with Crippen LogP contribution in [0.25, 0.3) is 0 Å². The zero-order valence-corrected chi connectivity index (χ0v) is 16.6. The second kappa shape index (κ2) is 10.3. The third-order valence-electron chi connectivity index (χ3n) is 4.34. The number of nitrogens with two attached hydrogens (primary N) is 1. The van der Waals surface area contributed by atoms with E-state index in [1.807, 2.05) is 13.8 Å². The van der Waals surface area contributed by atoms with Gasteiger partial charge in [-0.2, -0.15) is 0 Å². The normalized spacial score (nSPS) is 20.0. The highest BCUT2D eigenvalue weighted by atomic mass is 35.5. The fraction of sp³-hybridized carbons (Fsp3) is 0.526. The van der Waals surface area contributed by atoms with E-state index in [0.717, 1.165) is 0 Å². The van der Waals surface area contributed by atoms with Gasteiger partial charge < -0.3 is 20.1 Å². The minimum Gasteiger partial charge on any atom is -0.467 e. The molecule has 0 aromatic heterocycles. The summed E-state index contributed by atoms with van der Waals surface area (Å²) in [6.07, 6.45) is 0.130. The lowest BCUT2D eigenvalue weighted by atomic mass is 10.0. The van der Waals surface area contributed by atoms with E-state index in [9.17, 15) is 14.4 Å². The highest BCUT2D eigenvalue weighted by Crippen LogP contribution is 2.24. The van der Waals surface area contributed by atoms with Crippen LogP contribution in [-0.2, 0) is 19.1 Å². The zero-order valence-electron chi connectivity index (χ0n) is 15.8. The highest BCUT2D eigenvalue weighted by Gasteiger charge is 2.43. The van der Waals surface area contributed by atoms with Crippen molar-refractivity contribution in [3.8, 4) is 0 Å². The van der Waals surface area contributed by atoms with Gasteiger partial charge >= 0.3 is 11.9 Å². The summed E-state index contributed by atoms with van der Waals surface area (Å²) in [5, 5.41) is 0. The van der Waals surface area contributed by atoms with Gasteiger partial charge in [0.25, 0.3) is 0 Å². The topological polar surface area (TPSA) is 98.9 Å². The first-order chi connectivity index (χ1) is 12.3. The van der Waals surface area contributed by atoms with E-state index in [2.05, 4.69) is 0 Å². The molecule has 1 fully saturated rings. The number of carbonyl (C=O) groups excluding carboxylic acids is 3. The molecular weight excluding hydrogens is 372 g/mol. The molecule has 1 aromatic carbocycles. The number of nitrogens with zero attached hydrogens (tertiary/aromatic N) is 1. The minimum atomic E-state index is -0.792. The van der Waals surface area contributed by atoms with Gasteiger partial charge in [0.05, 0.1) is 25.3 Å². The van der Waals surface area contributed by atoms with Crippen LogP contribution in [0.2, 0.25) is 0 Å². The van der Waals surface area contributed by atoms with Crippen LogP contribution in [0.1, 0.15) is 37.0 Å². The number of esters is 2. The number of amides is 1. The first-order valence-electron chi connectivity index (χ1n) is 8.73. The van der Waals surface area contributed by atoms with Crippen molar-refractivity contribution in [2.24, 2.45) is 11.7 Å². The average Bonchev–Trinajstić information content (AvgIpc) is 3.04. The molecule has 3 atom stereocenters. The molecule has 1 saturated heterocycles. The number of hydrogen-bond donors (Lipinski definition) is 1. The molecule has 2 N–H and O–H groups in total. The Morgan fingerprint density at radius 2 is 1.85 bits per heavy atom. The lowest BCUT2D eigenvalue weighted by Crippen LogP contribution is -2.49. The van der Waals surface area contributed by atoms with Crippen LogP contribution >= 0.6 is 12.4 Å². The van der Waals surface area contributed by atoms with Gasteiger partial charge in [-0.25, -0.2) is 9.59 Å². The molecule has 1 aliphatic heterocycles. The average molecular weight is 399 g/mol. The van der Waals surface area contributed by atoms with Crippen molar-refractivity contribution in [1.82, 2.24) is 4.90 Å². The molecule has 0 bridgehead atoms. The summed E-state index contributed by atoms with van der Waals surface area (Å²) in [4.78, 5) is 38.4. The smallest absolute Gasteiger partial charge is 0.338 e. The van der Waals surface area contributed by atoms with Gasteiger partial charge in [-0.1, -0.05) is 32.0 Å². The van der Waals surface area contributed by atoms with Crippen LogP contribution in [0.5, 0.6) is 0 Å². The molecule has 1 aromatic rings. The molecular formula is C19H27ClN2O5. The van der Waals surface area contributed by atoms with Gasteiger partial charge in [0.15, 0.2) is 0 Å². The first-order valence-corrected chi connectivity index (χ1v) is 8.73. The van der Waals surface area contributed by atoms with Crippen molar-refractivity contribution in [2.75, 3.05) is 13.7 Å². The van der Waals surface area contributed by atoms with E-state index in [-0.39, 0.29) is 37.2 Å². The molecule has 150 valence electrons. The summed E-state index contributed by atoms with van der Waals surface area (Å²) in [7, 11) is 1.27. The summed E-state index contributed by atoms with van der Waals surface area (Å²) in [5.74, 6) is -1.10. The number of carbonyl (C=O) groups is 3. The molecule has 0 aliphatic carbocycles. The Balaban J connectivity index is 0.00000364. The number of rotatable bonds is 6. The molecule has 2 rings (SSSR count). The summed E-state index contributed by atoms with van der Waals surface area (Å²) in [5.41, 5.74) is 6.41. The van der Waals surface area contributed by atoms with Crippen molar-refractivity contribution in [2.45, 2.75) is 44.9 Å². The van der Waals surface area contributed by atoms with Gasteiger partial charge in [-0.3, -0.25) is 4.79 Å². The molecule has 27 heavy (non-hydrogen) atoms. The van der Waals surface area contributed by atoms with Crippen molar-refractivity contribution in [1.29, 1.82) is 0 Å². The molecule has 8 heteroatoms. The second-order valence-corrected chi connectivity index (χ2v) is 6.89. The van der Waals surface area contributed by atoms with Crippen LogP contribution in [0.4, 0.5) is 0 Å². The van der Waals surface area contributed by atoms with Crippen molar-refractivity contribution in [3.05, 3.63) is 35.9 Å².